The summed E-state index contributed by atoms with van der Waals surface area (Å²) in [4.78, 5) is 22.0. The lowest BCUT2D eigenvalue weighted by molar-refractivity contribution is -0.384. The van der Waals surface area contributed by atoms with Gasteiger partial charge in [-0.15, -0.1) is 0 Å². The number of nitrogens with zero attached hydrogens (tertiary/aromatic N) is 1. The van der Waals surface area contributed by atoms with Crippen molar-refractivity contribution in [3.05, 3.63) is 64.2 Å². The first-order valence-electron chi connectivity index (χ1n) is 6.79. The number of ether oxygens (including phenoxy) is 1. The van der Waals surface area contributed by atoms with E-state index < -0.39 is 4.92 Å². The Hall–Kier alpha value is -2.89. The molecule has 1 N–H and O–H groups in total. The molecule has 1 amide bonds. The molecule has 0 saturated heterocycles. The Bertz CT molecular complexity index is 685. The first kappa shape index (κ1) is 15.5. The topological polar surface area (TPSA) is 81.5 Å². The average Bonchev–Trinajstić information content (AvgIpc) is 2.49. The molecule has 0 radical (unpaired) electrons. The molecule has 0 aliphatic rings. The van der Waals surface area contributed by atoms with Crippen LogP contribution in [0.25, 0.3) is 0 Å². The van der Waals surface area contributed by atoms with E-state index in [9.17, 15) is 14.9 Å². The maximum Gasteiger partial charge on any atom is 0.271 e. The summed E-state index contributed by atoms with van der Waals surface area (Å²) in [5.41, 5.74) is 1.34. The van der Waals surface area contributed by atoms with E-state index in [2.05, 4.69) is 5.32 Å². The molecule has 2 aromatic carbocycles. The van der Waals surface area contributed by atoms with Crippen LogP contribution in [0.1, 0.15) is 12.0 Å². The lowest BCUT2D eigenvalue weighted by atomic mass is 10.2. The molecule has 0 aliphatic carbocycles. The van der Waals surface area contributed by atoms with E-state index >= 15 is 0 Å². The van der Waals surface area contributed by atoms with Crippen molar-refractivity contribution in [2.75, 3.05) is 11.9 Å². The van der Waals surface area contributed by atoms with Gasteiger partial charge in [0.05, 0.1) is 18.0 Å². The number of carbonyl (C=O) groups excluding carboxylic acids is 1. The van der Waals surface area contributed by atoms with Crippen LogP contribution in [0.3, 0.4) is 0 Å². The van der Waals surface area contributed by atoms with E-state index in [1.54, 1.807) is 6.07 Å². The highest BCUT2D eigenvalue weighted by Gasteiger charge is 2.08. The van der Waals surface area contributed by atoms with Crippen molar-refractivity contribution >= 4 is 17.3 Å². The van der Waals surface area contributed by atoms with Crippen LogP contribution in [0.15, 0.2) is 48.5 Å². The highest BCUT2D eigenvalue weighted by Crippen LogP contribution is 2.18. The van der Waals surface area contributed by atoms with Gasteiger partial charge in [0.15, 0.2) is 0 Å². The molecule has 0 atom stereocenters. The van der Waals surface area contributed by atoms with Crippen LogP contribution in [-0.4, -0.2) is 17.4 Å². The number of nitrogens with one attached hydrogen (secondary N) is 1. The Morgan fingerprint density at radius 2 is 2.00 bits per heavy atom. The quantitative estimate of drug-likeness (QED) is 0.655. The van der Waals surface area contributed by atoms with Gasteiger partial charge in [0.2, 0.25) is 5.91 Å². The van der Waals surface area contributed by atoms with Crippen molar-refractivity contribution in [2.45, 2.75) is 13.3 Å². The predicted octanol–water partition coefficient (Wildman–Crippen LogP) is 3.31. The van der Waals surface area contributed by atoms with Crippen LogP contribution in [0.5, 0.6) is 5.75 Å². The molecule has 6 heteroatoms. The largest absolute Gasteiger partial charge is 0.493 e. The molecule has 2 rings (SSSR count). The molecule has 114 valence electrons. The van der Waals surface area contributed by atoms with E-state index in [-0.39, 0.29) is 24.6 Å². The number of hydrogen-bond donors (Lipinski definition) is 1. The number of carbonyl (C=O) groups is 1. The van der Waals surface area contributed by atoms with Crippen molar-refractivity contribution < 1.29 is 14.5 Å². The van der Waals surface area contributed by atoms with Crippen LogP contribution in [0, 0.1) is 17.0 Å². The van der Waals surface area contributed by atoms with Crippen LogP contribution in [0.4, 0.5) is 11.4 Å². The third-order valence-corrected chi connectivity index (χ3v) is 3.02. The summed E-state index contributed by atoms with van der Waals surface area (Å²) in [6.45, 7) is 2.17. The van der Waals surface area contributed by atoms with Gasteiger partial charge in [0.25, 0.3) is 5.69 Å². The summed E-state index contributed by atoms with van der Waals surface area (Å²) < 4.78 is 5.54. The lowest BCUT2D eigenvalue weighted by Crippen LogP contribution is -2.15. The Labute approximate surface area is 127 Å². The standard InChI is InChI=1S/C16H16N2O4/c1-12-5-2-3-8-15(12)22-10-9-16(19)17-13-6-4-7-14(11-13)18(20)21/h2-8,11H,9-10H2,1H3,(H,17,19). The van der Waals surface area contributed by atoms with Crippen molar-refractivity contribution in [1.82, 2.24) is 0 Å². The van der Waals surface area contributed by atoms with Crippen molar-refractivity contribution in [1.29, 1.82) is 0 Å². The molecule has 22 heavy (non-hydrogen) atoms. The fourth-order valence-electron chi connectivity index (χ4n) is 1.89. The fourth-order valence-corrected chi connectivity index (χ4v) is 1.89. The second-order valence-corrected chi connectivity index (χ2v) is 4.72. The SMILES string of the molecule is Cc1ccccc1OCCC(=O)Nc1cccc([N+](=O)[O-])c1. The molecule has 0 spiro atoms. The minimum atomic E-state index is -0.503. The zero-order chi connectivity index (χ0) is 15.9. The Morgan fingerprint density at radius 3 is 2.73 bits per heavy atom. The third-order valence-electron chi connectivity index (χ3n) is 3.02. The smallest absolute Gasteiger partial charge is 0.271 e. The maximum absolute atomic E-state index is 11.8. The molecule has 0 unspecified atom stereocenters. The minimum absolute atomic E-state index is 0.0611. The molecular weight excluding hydrogens is 284 g/mol. The molecule has 0 saturated carbocycles. The van der Waals surface area contributed by atoms with E-state index in [1.807, 2.05) is 31.2 Å². The zero-order valence-electron chi connectivity index (χ0n) is 12.1. The van der Waals surface area contributed by atoms with E-state index in [1.165, 1.54) is 18.2 Å². The van der Waals surface area contributed by atoms with Crippen LogP contribution in [0.2, 0.25) is 0 Å². The van der Waals surface area contributed by atoms with Gasteiger partial charge >= 0.3 is 0 Å². The Kier molecular flexibility index (Phi) is 5.08. The average molecular weight is 300 g/mol. The van der Waals surface area contributed by atoms with Gasteiger partial charge in [-0.3, -0.25) is 14.9 Å². The highest BCUT2D eigenvalue weighted by molar-refractivity contribution is 5.91. The Morgan fingerprint density at radius 1 is 1.23 bits per heavy atom. The second kappa shape index (κ2) is 7.21. The van der Waals surface area contributed by atoms with Crippen molar-refractivity contribution in [3.63, 3.8) is 0 Å². The number of para-hydroxylation sites is 1. The fraction of sp³-hybridized carbons (Fsp3) is 0.188. The summed E-state index contributed by atoms with van der Waals surface area (Å²) in [5, 5.41) is 13.3. The van der Waals surface area contributed by atoms with Gasteiger partial charge in [-0.05, 0) is 24.6 Å². The summed E-state index contributed by atoms with van der Waals surface area (Å²) >= 11 is 0. The van der Waals surface area contributed by atoms with Gasteiger partial charge in [-0.2, -0.15) is 0 Å². The summed E-state index contributed by atoms with van der Waals surface area (Å²) in [7, 11) is 0. The summed E-state index contributed by atoms with van der Waals surface area (Å²) in [5.74, 6) is 0.486. The van der Waals surface area contributed by atoms with Crippen molar-refractivity contribution in [2.24, 2.45) is 0 Å². The molecule has 2 aromatic rings. The number of benzene rings is 2. The zero-order valence-corrected chi connectivity index (χ0v) is 12.1. The highest BCUT2D eigenvalue weighted by atomic mass is 16.6. The van der Waals surface area contributed by atoms with Crippen LogP contribution >= 0.6 is 0 Å². The number of nitro benzene ring substituents is 1. The van der Waals surface area contributed by atoms with Gasteiger partial charge in [0, 0.05) is 17.8 Å². The molecule has 0 aromatic heterocycles. The molecule has 0 fully saturated rings. The monoisotopic (exact) mass is 300 g/mol. The summed E-state index contributed by atoms with van der Waals surface area (Å²) in [6, 6.07) is 13.4. The van der Waals surface area contributed by atoms with Gasteiger partial charge < -0.3 is 10.1 Å². The summed E-state index contributed by atoms with van der Waals surface area (Å²) in [6.07, 6.45) is 0.164. The molecule has 0 heterocycles. The molecule has 0 bridgehead atoms. The molecule has 0 aliphatic heterocycles. The number of amides is 1. The minimum Gasteiger partial charge on any atom is -0.493 e. The van der Waals surface area contributed by atoms with Gasteiger partial charge in [-0.25, -0.2) is 0 Å². The molecular formula is C16H16N2O4. The lowest BCUT2D eigenvalue weighted by Gasteiger charge is -2.09. The number of nitro groups is 1. The van der Waals surface area contributed by atoms with E-state index in [0.29, 0.717) is 5.69 Å². The number of rotatable bonds is 6. The van der Waals surface area contributed by atoms with E-state index in [4.69, 9.17) is 4.74 Å². The van der Waals surface area contributed by atoms with Gasteiger partial charge in [-0.1, -0.05) is 24.3 Å². The third kappa shape index (κ3) is 4.31. The number of anilines is 1. The number of aryl methyl sites for hydroxylation is 1. The maximum atomic E-state index is 11.8. The van der Waals surface area contributed by atoms with Crippen molar-refractivity contribution in [3.8, 4) is 5.75 Å². The van der Waals surface area contributed by atoms with E-state index in [0.717, 1.165) is 11.3 Å². The molecule has 6 nitrogen and oxygen atoms in total. The Balaban J connectivity index is 1.84. The first-order chi connectivity index (χ1) is 10.6. The van der Waals surface area contributed by atoms with Crippen LogP contribution < -0.4 is 10.1 Å². The number of hydrogen-bond acceptors (Lipinski definition) is 4. The normalized spacial score (nSPS) is 10.0. The second-order valence-electron chi connectivity index (χ2n) is 4.72. The number of non-ortho nitro benzene ring substituents is 1. The van der Waals surface area contributed by atoms with Gasteiger partial charge in [0.1, 0.15) is 5.75 Å². The first-order valence-corrected chi connectivity index (χ1v) is 6.79. The van der Waals surface area contributed by atoms with Crippen LogP contribution in [-0.2, 0) is 4.79 Å². The predicted molar refractivity (Wildman–Crippen MR) is 83.0 cm³/mol.